The largest absolute Gasteiger partial charge is 0.465 e. The second-order valence-electron chi connectivity index (χ2n) is 6.11. The molecule has 0 aliphatic carbocycles. The predicted octanol–water partition coefficient (Wildman–Crippen LogP) is 0.0214. The Morgan fingerprint density at radius 2 is 2.28 bits per heavy atom. The molecule has 9 nitrogen and oxygen atoms in total. The Labute approximate surface area is 145 Å². The van der Waals surface area contributed by atoms with E-state index in [0.717, 1.165) is 11.5 Å². The number of piperazine rings is 1. The van der Waals surface area contributed by atoms with Crippen LogP contribution in [0.25, 0.3) is 0 Å². The minimum atomic E-state index is -0.520. The van der Waals surface area contributed by atoms with Crippen LogP contribution >= 0.6 is 0 Å². The molecular weight excluding hydrogens is 324 g/mol. The highest BCUT2D eigenvalue weighted by molar-refractivity contribution is 5.88. The Hall–Kier alpha value is -2.68. The molecule has 0 saturated carbocycles. The summed E-state index contributed by atoms with van der Waals surface area (Å²) in [5.74, 6) is 2.46. The van der Waals surface area contributed by atoms with Gasteiger partial charge in [-0.2, -0.15) is 5.10 Å². The molecule has 0 radical (unpaired) electrons. The Balaban J connectivity index is 1.58. The fourth-order valence-electron chi connectivity index (χ4n) is 2.84. The van der Waals surface area contributed by atoms with Crippen LogP contribution in [-0.2, 0) is 22.7 Å². The smallest absolute Gasteiger partial charge is 0.237 e. The van der Waals surface area contributed by atoms with E-state index >= 15 is 0 Å². The van der Waals surface area contributed by atoms with E-state index in [1.54, 1.807) is 6.92 Å². The van der Waals surface area contributed by atoms with Crippen LogP contribution in [0.15, 0.2) is 16.5 Å². The maximum Gasteiger partial charge on any atom is 0.237 e. The van der Waals surface area contributed by atoms with Crippen molar-refractivity contribution in [2.75, 3.05) is 13.1 Å². The fraction of sp³-hybridized carbons (Fsp3) is 0.500. The number of aromatic amines is 1. The van der Waals surface area contributed by atoms with Gasteiger partial charge in [0.25, 0.3) is 0 Å². The Bertz CT molecular complexity index is 753. The zero-order chi connectivity index (χ0) is 17.8. The summed E-state index contributed by atoms with van der Waals surface area (Å²) < 4.78 is 5.59. The molecule has 1 fully saturated rings. The van der Waals surface area contributed by atoms with Crippen molar-refractivity contribution >= 4 is 11.8 Å². The molecule has 0 bridgehead atoms. The summed E-state index contributed by atoms with van der Waals surface area (Å²) in [7, 11) is 0. The summed E-state index contributed by atoms with van der Waals surface area (Å²) in [6.45, 7) is 5.63. The first-order valence-corrected chi connectivity index (χ1v) is 8.23. The topological polar surface area (TPSA) is 116 Å². The number of nitrogens with one attached hydrogen (secondary N) is 3. The number of nitrogens with zero attached hydrogens (tertiary/aromatic N) is 3. The van der Waals surface area contributed by atoms with Crippen molar-refractivity contribution in [2.24, 2.45) is 0 Å². The Morgan fingerprint density at radius 3 is 2.96 bits per heavy atom. The molecule has 0 unspecified atom stereocenters. The van der Waals surface area contributed by atoms with E-state index in [1.165, 1.54) is 0 Å². The summed E-state index contributed by atoms with van der Waals surface area (Å²) >= 11 is 0. The van der Waals surface area contributed by atoms with Crippen molar-refractivity contribution in [3.05, 3.63) is 35.3 Å². The van der Waals surface area contributed by atoms with Crippen LogP contribution in [0.3, 0.4) is 0 Å². The predicted molar refractivity (Wildman–Crippen MR) is 88.2 cm³/mol. The fourth-order valence-corrected chi connectivity index (χ4v) is 2.84. The molecule has 9 heteroatoms. The van der Waals surface area contributed by atoms with E-state index < -0.39 is 6.04 Å². The number of aryl methyl sites for hydroxylation is 2. The van der Waals surface area contributed by atoms with Gasteiger partial charge in [-0.15, -0.1) is 0 Å². The summed E-state index contributed by atoms with van der Waals surface area (Å²) in [6.07, 6.45) is 0.0783. The Morgan fingerprint density at radius 1 is 1.44 bits per heavy atom. The lowest BCUT2D eigenvalue weighted by Gasteiger charge is -2.34. The first-order chi connectivity index (χ1) is 12.0. The molecule has 1 atom stereocenters. The number of hydrogen-bond acceptors (Lipinski definition) is 6. The maximum atomic E-state index is 12.2. The molecule has 1 saturated heterocycles. The lowest BCUT2D eigenvalue weighted by atomic mass is 10.1. The lowest BCUT2D eigenvalue weighted by Crippen LogP contribution is -2.56. The van der Waals surface area contributed by atoms with Gasteiger partial charge in [0, 0.05) is 13.1 Å². The number of H-pyrrole nitrogens is 1. The average molecular weight is 346 g/mol. The molecular formula is C16H22N6O3. The third-order valence-corrected chi connectivity index (χ3v) is 4.06. The van der Waals surface area contributed by atoms with E-state index in [9.17, 15) is 9.59 Å². The van der Waals surface area contributed by atoms with Gasteiger partial charge in [-0.1, -0.05) is 0 Å². The third-order valence-electron chi connectivity index (χ3n) is 4.06. The van der Waals surface area contributed by atoms with Gasteiger partial charge in [0.05, 0.1) is 25.6 Å². The van der Waals surface area contributed by atoms with Crippen LogP contribution in [0.4, 0.5) is 0 Å². The van der Waals surface area contributed by atoms with E-state index in [-0.39, 0.29) is 24.8 Å². The van der Waals surface area contributed by atoms with Crippen LogP contribution in [0, 0.1) is 13.8 Å². The highest BCUT2D eigenvalue weighted by atomic mass is 16.3. The normalized spacial score (nSPS) is 18.2. The van der Waals surface area contributed by atoms with Gasteiger partial charge in [-0.3, -0.25) is 19.6 Å². The van der Waals surface area contributed by atoms with Crippen LogP contribution in [0.1, 0.15) is 29.6 Å². The third kappa shape index (κ3) is 4.44. The minimum absolute atomic E-state index is 0.0783. The van der Waals surface area contributed by atoms with E-state index in [0.29, 0.717) is 31.3 Å². The van der Waals surface area contributed by atoms with Gasteiger partial charge in [-0.25, -0.2) is 4.98 Å². The molecule has 3 heterocycles. The molecule has 1 aliphatic rings. The SMILES string of the molecule is Cc1nc(CNC(=O)C[C@H]2C(=O)NCCN2Cc2ccc(C)o2)n[nH]1. The van der Waals surface area contributed by atoms with Crippen molar-refractivity contribution in [3.8, 4) is 0 Å². The average Bonchev–Trinajstić information content (AvgIpc) is 3.17. The molecule has 134 valence electrons. The van der Waals surface area contributed by atoms with E-state index in [2.05, 4.69) is 25.8 Å². The summed E-state index contributed by atoms with van der Waals surface area (Å²) in [5.41, 5.74) is 0. The van der Waals surface area contributed by atoms with Crippen molar-refractivity contribution in [1.82, 2.24) is 30.7 Å². The summed E-state index contributed by atoms with van der Waals surface area (Å²) in [4.78, 5) is 30.6. The van der Waals surface area contributed by atoms with Gasteiger partial charge in [0.15, 0.2) is 5.82 Å². The van der Waals surface area contributed by atoms with E-state index in [4.69, 9.17) is 4.42 Å². The number of aromatic nitrogens is 3. The highest BCUT2D eigenvalue weighted by Gasteiger charge is 2.32. The van der Waals surface area contributed by atoms with Crippen LogP contribution in [0.5, 0.6) is 0 Å². The molecule has 2 aromatic rings. The molecule has 0 aromatic carbocycles. The van der Waals surface area contributed by atoms with Crippen LogP contribution in [-0.4, -0.2) is 51.0 Å². The first-order valence-electron chi connectivity index (χ1n) is 8.23. The molecule has 0 spiro atoms. The molecule has 3 N–H and O–H groups in total. The maximum absolute atomic E-state index is 12.2. The monoisotopic (exact) mass is 346 g/mol. The number of rotatable bonds is 6. The van der Waals surface area contributed by atoms with Gasteiger partial charge < -0.3 is 15.1 Å². The van der Waals surface area contributed by atoms with Gasteiger partial charge >= 0.3 is 0 Å². The number of amides is 2. The number of hydrogen-bond donors (Lipinski definition) is 3. The summed E-state index contributed by atoms with van der Waals surface area (Å²) in [5, 5.41) is 12.3. The van der Waals surface area contributed by atoms with Crippen molar-refractivity contribution in [3.63, 3.8) is 0 Å². The lowest BCUT2D eigenvalue weighted by molar-refractivity contribution is -0.134. The Kier molecular flexibility index (Phi) is 5.13. The molecule has 2 amide bonds. The number of furan rings is 1. The molecule has 1 aliphatic heterocycles. The molecule has 2 aromatic heterocycles. The quantitative estimate of drug-likeness (QED) is 0.679. The van der Waals surface area contributed by atoms with Crippen LogP contribution in [0.2, 0.25) is 0 Å². The number of carbonyl (C=O) groups is 2. The second-order valence-corrected chi connectivity index (χ2v) is 6.11. The minimum Gasteiger partial charge on any atom is -0.465 e. The van der Waals surface area contributed by atoms with Crippen molar-refractivity contribution in [2.45, 2.75) is 39.4 Å². The first kappa shape index (κ1) is 17.2. The second kappa shape index (κ2) is 7.47. The van der Waals surface area contributed by atoms with Crippen LogP contribution < -0.4 is 10.6 Å². The van der Waals surface area contributed by atoms with Gasteiger partial charge in [0.1, 0.15) is 17.3 Å². The zero-order valence-electron chi connectivity index (χ0n) is 14.3. The zero-order valence-corrected chi connectivity index (χ0v) is 14.3. The standard InChI is InChI=1S/C16H22N6O3/c1-10-3-4-12(25-10)9-22-6-5-17-16(24)13(22)7-15(23)18-8-14-19-11(2)20-21-14/h3-4,13H,5-9H2,1-2H3,(H,17,24)(H,18,23)(H,19,20,21)/t13-/m0/s1. The van der Waals surface area contributed by atoms with Gasteiger partial charge in [-0.05, 0) is 26.0 Å². The van der Waals surface area contributed by atoms with Gasteiger partial charge in [0.2, 0.25) is 11.8 Å². The molecule has 25 heavy (non-hydrogen) atoms. The highest BCUT2D eigenvalue weighted by Crippen LogP contribution is 2.15. The van der Waals surface area contributed by atoms with Crippen molar-refractivity contribution in [1.29, 1.82) is 0 Å². The van der Waals surface area contributed by atoms with E-state index in [1.807, 2.05) is 24.0 Å². The summed E-state index contributed by atoms with van der Waals surface area (Å²) in [6, 6.07) is 3.26. The molecule has 3 rings (SSSR count). The number of carbonyl (C=O) groups excluding carboxylic acids is 2. The van der Waals surface area contributed by atoms with Crippen molar-refractivity contribution < 1.29 is 14.0 Å².